The van der Waals surface area contributed by atoms with Crippen LogP contribution in [0.25, 0.3) is 10.8 Å². The first-order chi connectivity index (χ1) is 17.3. The fourth-order valence-corrected chi connectivity index (χ4v) is 4.14. The zero-order chi connectivity index (χ0) is 25.7. The van der Waals surface area contributed by atoms with Gasteiger partial charge in [-0.15, -0.1) is 0 Å². The van der Waals surface area contributed by atoms with Gasteiger partial charge in [0.2, 0.25) is 5.91 Å². The van der Waals surface area contributed by atoms with E-state index in [0.29, 0.717) is 35.1 Å². The van der Waals surface area contributed by atoms with Gasteiger partial charge in [-0.05, 0) is 31.5 Å². The third-order valence-electron chi connectivity index (χ3n) is 6.01. The highest BCUT2D eigenvalue weighted by atomic mass is 16.5. The summed E-state index contributed by atoms with van der Waals surface area (Å²) < 4.78 is 6.89. The number of carbonyl (C=O) groups is 3. The number of hydrogen-bond donors (Lipinski definition) is 2. The Kier molecular flexibility index (Phi) is 7.62. The maximum Gasteiger partial charge on any atom is 0.275 e. The third-order valence-corrected chi connectivity index (χ3v) is 6.01. The van der Waals surface area contributed by atoms with Crippen molar-refractivity contribution in [2.24, 2.45) is 7.05 Å². The summed E-state index contributed by atoms with van der Waals surface area (Å²) >= 11 is 0. The van der Waals surface area contributed by atoms with E-state index < -0.39 is 0 Å². The minimum absolute atomic E-state index is 0.148. The number of ether oxygens (including phenoxy) is 1. The van der Waals surface area contributed by atoms with Crippen LogP contribution < -0.4 is 20.9 Å². The lowest BCUT2D eigenvalue weighted by Gasteiger charge is -2.23. The van der Waals surface area contributed by atoms with Gasteiger partial charge >= 0.3 is 0 Å². The Balaban J connectivity index is 1.61. The molecule has 0 saturated carbocycles. The number of rotatable bonds is 1. The first-order valence-electron chi connectivity index (χ1n) is 11.9. The van der Waals surface area contributed by atoms with Crippen LogP contribution in [0.15, 0.2) is 47.3 Å². The van der Waals surface area contributed by atoms with Crippen LogP contribution in [0.1, 0.15) is 39.3 Å². The zero-order valence-corrected chi connectivity index (χ0v) is 20.4. The van der Waals surface area contributed by atoms with Crippen LogP contribution in [0.3, 0.4) is 0 Å². The lowest BCUT2D eigenvalue weighted by molar-refractivity contribution is -0.121. The standard InChI is InChI=1S/C26H29N5O5/c1-17-9-10-21-20(16-17)24(33)28-11-14-31(13-5-8-22(32)27-12-15-36-21)26(35)23-18-6-3-4-7-19(18)25(34)30(2)29-23/h3-4,6-7,9-10,16H,5,8,11-15H2,1-2H3,(H,27,32)(H,28,33). The average molecular weight is 492 g/mol. The first-order valence-corrected chi connectivity index (χ1v) is 11.9. The Morgan fingerprint density at radius 3 is 2.58 bits per heavy atom. The molecule has 2 heterocycles. The highest BCUT2D eigenvalue weighted by molar-refractivity contribution is 6.04. The van der Waals surface area contributed by atoms with Gasteiger partial charge in [-0.2, -0.15) is 5.10 Å². The van der Waals surface area contributed by atoms with Crippen LogP contribution in [0.2, 0.25) is 0 Å². The lowest BCUT2D eigenvalue weighted by atomic mass is 10.1. The van der Waals surface area contributed by atoms with Crippen molar-refractivity contribution in [2.45, 2.75) is 19.8 Å². The molecule has 10 heteroatoms. The Bertz CT molecular complexity index is 1370. The zero-order valence-electron chi connectivity index (χ0n) is 20.4. The minimum Gasteiger partial charge on any atom is -0.491 e. The fraction of sp³-hybridized carbons (Fsp3) is 0.346. The molecular weight excluding hydrogens is 462 g/mol. The molecule has 3 aromatic rings. The van der Waals surface area contributed by atoms with Crippen molar-refractivity contribution in [1.29, 1.82) is 0 Å². The predicted octanol–water partition coefficient (Wildman–Crippen LogP) is 1.40. The van der Waals surface area contributed by atoms with E-state index in [1.165, 1.54) is 7.05 Å². The molecule has 2 N–H and O–H groups in total. The number of aromatic nitrogens is 2. The van der Waals surface area contributed by atoms with Gasteiger partial charge < -0.3 is 20.3 Å². The number of aryl methyl sites for hydroxylation is 2. The van der Waals surface area contributed by atoms with Crippen molar-refractivity contribution in [1.82, 2.24) is 25.3 Å². The largest absolute Gasteiger partial charge is 0.491 e. The highest BCUT2D eigenvalue weighted by Crippen LogP contribution is 2.20. The summed E-state index contributed by atoms with van der Waals surface area (Å²) in [7, 11) is 1.50. The summed E-state index contributed by atoms with van der Waals surface area (Å²) in [6.45, 7) is 3.08. The number of carbonyl (C=O) groups excluding carboxylic acids is 3. The number of amides is 3. The van der Waals surface area contributed by atoms with E-state index in [4.69, 9.17) is 4.74 Å². The second-order valence-electron chi connectivity index (χ2n) is 8.67. The normalized spacial score (nSPS) is 15.7. The molecule has 0 spiro atoms. The van der Waals surface area contributed by atoms with Gasteiger partial charge in [-0.1, -0.05) is 29.8 Å². The summed E-state index contributed by atoms with van der Waals surface area (Å²) in [6, 6.07) is 12.2. The van der Waals surface area contributed by atoms with Crippen molar-refractivity contribution in [3.8, 4) is 5.75 Å². The molecule has 0 atom stereocenters. The Labute approximate surface area is 208 Å². The number of nitrogens with zero attached hydrogens (tertiary/aromatic N) is 3. The van der Waals surface area contributed by atoms with Crippen LogP contribution in [-0.2, 0) is 11.8 Å². The van der Waals surface area contributed by atoms with E-state index in [9.17, 15) is 19.2 Å². The molecule has 0 unspecified atom stereocenters. The SMILES string of the molecule is Cc1ccc2c(c1)C(=O)NCCN(C(=O)c1nn(C)c(=O)c3ccccc13)CCCC(=O)NCCO2. The van der Waals surface area contributed by atoms with E-state index in [0.717, 1.165) is 10.2 Å². The Hall–Kier alpha value is -4.21. The lowest BCUT2D eigenvalue weighted by Crippen LogP contribution is -2.40. The predicted molar refractivity (Wildman–Crippen MR) is 134 cm³/mol. The molecule has 0 saturated heterocycles. The van der Waals surface area contributed by atoms with Gasteiger partial charge in [-0.3, -0.25) is 19.2 Å². The van der Waals surface area contributed by atoms with E-state index in [2.05, 4.69) is 15.7 Å². The number of hydrogen-bond acceptors (Lipinski definition) is 6. The van der Waals surface area contributed by atoms with E-state index in [1.54, 1.807) is 41.3 Å². The molecule has 2 aromatic carbocycles. The molecule has 1 aromatic heterocycles. The summed E-state index contributed by atoms with van der Waals surface area (Å²) in [5.41, 5.74) is 1.15. The van der Waals surface area contributed by atoms with Gasteiger partial charge in [0.25, 0.3) is 17.4 Å². The molecule has 0 radical (unpaired) electrons. The minimum atomic E-state index is -0.375. The van der Waals surface area contributed by atoms with Crippen LogP contribution in [0.4, 0.5) is 0 Å². The first kappa shape index (κ1) is 24.9. The summed E-state index contributed by atoms with van der Waals surface area (Å²) in [4.78, 5) is 52.9. The van der Waals surface area contributed by atoms with Crippen molar-refractivity contribution >= 4 is 28.5 Å². The van der Waals surface area contributed by atoms with Crippen molar-refractivity contribution in [3.63, 3.8) is 0 Å². The van der Waals surface area contributed by atoms with E-state index in [1.807, 2.05) is 13.0 Å². The van der Waals surface area contributed by atoms with Crippen LogP contribution in [0, 0.1) is 6.92 Å². The topological polar surface area (TPSA) is 123 Å². The highest BCUT2D eigenvalue weighted by Gasteiger charge is 2.22. The smallest absolute Gasteiger partial charge is 0.275 e. The van der Waals surface area contributed by atoms with E-state index in [-0.39, 0.29) is 61.6 Å². The third kappa shape index (κ3) is 5.54. The molecule has 4 rings (SSSR count). The molecule has 0 aliphatic carbocycles. The van der Waals surface area contributed by atoms with Crippen LogP contribution in [-0.4, -0.2) is 65.2 Å². The Morgan fingerprint density at radius 2 is 1.78 bits per heavy atom. The van der Waals surface area contributed by atoms with Crippen LogP contribution in [0.5, 0.6) is 5.75 Å². The molecule has 10 nitrogen and oxygen atoms in total. The summed E-state index contributed by atoms with van der Waals surface area (Å²) in [5.74, 6) is -0.410. The number of benzene rings is 2. The maximum atomic E-state index is 13.6. The van der Waals surface area contributed by atoms with Gasteiger partial charge in [-0.25, -0.2) is 4.68 Å². The summed E-state index contributed by atoms with van der Waals surface area (Å²) in [6.07, 6.45) is 0.656. The maximum absolute atomic E-state index is 13.6. The quantitative estimate of drug-likeness (QED) is 0.531. The van der Waals surface area contributed by atoms with Gasteiger partial charge in [0, 0.05) is 38.5 Å². The molecule has 0 fully saturated rings. The molecule has 3 amide bonds. The second-order valence-corrected chi connectivity index (χ2v) is 8.67. The van der Waals surface area contributed by atoms with Crippen molar-refractivity contribution in [2.75, 3.05) is 32.8 Å². The number of fused-ring (bicyclic) bond motifs is 2. The van der Waals surface area contributed by atoms with Crippen LogP contribution >= 0.6 is 0 Å². The van der Waals surface area contributed by atoms with Crippen molar-refractivity contribution in [3.05, 3.63) is 69.6 Å². The molecule has 1 aliphatic rings. The average Bonchev–Trinajstić information content (AvgIpc) is 2.88. The number of nitrogens with one attached hydrogen (secondary N) is 2. The molecule has 36 heavy (non-hydrogen) atoms. The molecule has 0 bridgehead atoms. The van der Waals surface area contributed by atoms with E-state index >= 15 is 0 Å². The Morgan fingerprint density at radius 1 is 1.00 bits per heavy atom. The fourth-order valence-electron chi connectivity index (χ4n) is 4.14. The summed E-state index contributed by atoms with van der Waals surface area (Å²) in [5, 5.41) is 10.8. The van der Waals surface area contributed by atoms with Crippen molar-refractivity contribution < 1.29 is 19.1 Å². The van der Waals surface area contributed by atoms with Gasteiger partial charge in [0.15, 0.2) is 5.69 Å². The molecule has 1 aliphatic heterocycles. The molecular formula is C26H29N5O5. The molecule has 188 valence electrons. The van der Waals surface area contributed by atoms with Gasteiger partial charge in [0.05, 0.1) is 17.5 Å². The monoisotopic (exact) mass is 491 g/mol. The van der Waals surface area contributed by atoms with Gasteiger partial charge in [0.1, 0.15) is 12.4 Å². The second kappa shape index (κ2) is 11.0.